The highest BCUT2D eigenvalue weighted by Crippen LogP contribution is 2.39. The summed E-state index contributed by atoms with van der Waals surface area (Å²) in [5, 5.41) is 16.5. The first-order valence-corrected chi connectivity index (χ1v) is 9.97. The van der Waals surface area contributed by atoms with Crippen molar-refractivity contribution >= 4 is 39.6 Å². The lowest BCUT2D eigenvalue weighted by atomic mass is 9.88. The zero-order valence-corrected chi connectivity index (χ0v) is 15.6. The number of hydrogen-bond acceptors (Lipinski definition) is 4. The average molecular weight is 362 g/mol. The second kappa shape index (κ2) is 7.62. The van der Waals surface area contributed by atoms with Crippen LogP contribution in [0.4, 0.5) is 5.00 Å². The van der Waals surface area contributed by atoms with Gasteiger partial charge in [-0.1, -0.05) is 26.2 Å². The van der Waals surface area contributed by atoms with E-state index < -0.39 is 0 Å². The molecule has 0 radical (unpaired) electrons. The summed E-state index contributed by atoms with van der Waals surface area (Å²) in [6.45, 7) is 2.25. The minimum atomic E-state index is 0.0145. The number of nitriles is 1. The van der Waals surface area contributed by atoms with E-state index in [9.17, 15) is 10.1 Å². The predicted molar refractivity (Wildman–Crippen MR) is 101 cm³/mol. The molecule has 2 aliphatic rings. The molecule has 1 aromatic rings. The van der Waals surface area contributed by atoms with Crippen molar-refractivity contribution in [1.82, 2.24) is 5.32 Å². The van der Waals surface area contributed by atoms with Crippen LogP contribution >= 0.6 is 23.6 Å². The van der Waals surface area contributed by atoms with Crippen LogP contribution in [0.1, 0.15) is 61.5 Å². The quantitative estimate of drug-likeness (QED) is 0.777. The van der Waals surface area contributed by atoms with E-state index in [2.05, 4.69) is 23.6 Å². The van der Waals surface area contributed by atoms with Gasteiger partial charge in [0.25, 0.3) is 0 Å². The summed E-state index contributed by atoms with van der Waals surface area (Å²) in [4.78, 5) is 13.6. The number of anilines is 1. The zero-order valence-electron chi connectivity index (χ0n) is 14.0. The molecule has 2 aliphatic carbocycles. The normalized spacial score (nSPS) is 20.8. The van der Waals surface area contributed by atoms with E-state index in [0.717, 1.165) is 49.9 Å². The molecule has 6 heteroatoms. The Kier molecular flexibility index (Phi) is 5.52. The summed E-state index contributed by atoms with van der Waals surface area (Å²) in [5.41, 5.74) is 1.88. The Morgan fingerprint density at radius 1 is 1.29 bits per heavy atom. The molecule has 4 nitrogen and oxygen atoms in total. The largest absolute Gasteiger partial charge is 0.323 e. The van der Waals surface area contributed by atoms with Gasteiger partial charge in [-0.2, -0.15) is 5.26 Å². The van der Waals surface area contributed by atoms with Gasteiger partial charge in [-0.3, -0.25) is 4.79 Å². The lowest BCUT2D eigenvalue weighted by molar-refractivity contribution is -0.124. The number of nitrogens with one attached hydrogen (secondary N) is 2. The molecule has 1 unspecified atom stereocenters. The first-order chi connectivity index (χ1) is 11.6. The fraction of sp³-hybridized carbons (Fsp3) is 0.611. The molecule has 0 aliphatic heterocycles. The van der Waals surface area contributed by atoms with Crippen LogP contribution in [0.25, 0.3) is 0 Å². The fourth-order valence-corrected chi connectivity index (χ4v) is 5.30. The van der Waals surface area contributed by atoms with Crippen LogP contribution in [0.2, 0.25) is 0 Å². The van der Waals surface area contributed by atoms with Gasteiger partial charge in [0.2, 0.25) is 5.91 Å². The molecule has 0 bridgehead atoms. The fourth-order valence-electron chi connectivity index (χ4n) is 3.67. The van der Waals surface area contributed by atoms with Crippen molar-refractivity contribution in [3.8, 4) is 6.07 Å². The maximum absolute atomic E-state index is 12.3. The van der Waals surface area contributed by atoms with Crippen molar-refractivity contribution in [2.45, 2.75) is 58.3 Å². The van der Waals surface area contributed by atoms with Crippen molar-refractivity contribution < 1.29 is 4.79 Å². The van der Waals surface area contributed by atoms with E-state index in [0.29, 0.717) is 16.6 Å². The second-order valence-electron chi connectivity index (χ2n) is 6.95. The molecular formula is C18H23N3OS2. The Morgan fingerprint density at radius 2 is 2.04 bits per heavy atom. The van der Waals surface area contributed by atoms with Gasteiger partial charge in [-0.05, 0) is 55.8 Å². The van der Waals surface area contributed by atoms with Gasteiger partial charge < -0.3 is 10.6 Å². The highest BCUT2D eigenvalue weighted by atomic mass is 32.1. The van der Waals surface area contributed by atoms with Gasteiger partial charge in [-0.25, -0.2) is 0 Å². The zero-order chi connectivity index (χ0) is 17.1. The lowest BCUT2D eigenvalue weighted by Crippen LogP contribution is -2.38. The highest BCUT2D eigenvalue weighted by Gasteiger charge is 2.25. The molecule has 1 saturated carbocycles. The van der Waals surface area contributed by atoms with Crippen molar-refractivity contribution in [2.24, 2.45) is 11.8 Å². The Bertz CT molecular complexity index is 683. The molecule has 1 atom stereocenters. The molecule has 0 saturated heterocycles. The third-order valence-corrected chi connectivity index (χ3v) is 6.44. The number of amides is 1. The Balaban J connectivity index is 1.66. The summed E-state index contributed by atoms with van der Waals surface area (Å²) in [5.74, 6) is 0.750. The van der Waals surface area contributed by atoms with Gasteiger partial charge in [0.05, 0.1) is 5.56 Å². The van der Waals surface area contributed by atoms with Crippen LogP contribution in [0.3, 0.4) is 0 Å². The van der Waals surface area contributed by atoms with Crippen molar-refractivity contribution in [3.05, 3.63) is 16.0 Å². The van der Waals surface area contributed by atoms with E-state index in [1.54, 1.807) is 11.3 Å². The number of hydrogen-bond donors (Lipinski definition) is 2. The SMILES string of the molecule is CC1CCc2c(sc(NC(=S)NC(=O)C3CCCCC3)c2C#N)C1. The van der Waals surface area contributed by atoms with Crippen molar-refractivity contribution in [2.75, 3.05) is 5.32 Å². The van der Waals surface area contributed by atoms with E-state index in [1.807, 2.05) is 0 Å². The number of nitrogens with zero attached hydrogens (tertiary/aromatic N) is 1. The van der Waals surface area contributed by atoms with Gasteiger partial charge in [0.15, 0.2) is 5.11 Å². The van der Waals surface area contributed by atoms with Crippen molar-refractivity contribution in [3.63, 3.8) is 0 Å². The third kappa shape index (κ3) is 3.79. The molecule has 0 aromatic carbocycles. The standard InChI is InChI=1S/C18H23N3OS2/c1-11-7-8-13-14(10-19)17(24-15(13)9-11)21-18(23)20-16(22)12-5-3-2-4-6-12/h11-12H,2-9H2,1H3,(H2,20,21,22,23). The Morgan fingerprint density at radius 3 is 2.75 bits per heavy atom. The minimum absolute atomic E-state index is 0.0145. The summed E-state index contributed by atoms with van der Waals surface area (Å²) < 4.78 is 0. The van der Waals surface area contributed by atoms with Crippen LogP contribution in [-0.4, -0.2) is 11.0 Å². The molecule has 3 rings (SSSR count). The molecule has 24 heavy (non-hydrogen) atoms. The van der Waals surface area contributed by atoms with E-state index in [1.165, 1.54) is 16.9 Å². The summed E-state index contributed by atoms with van der Waals surface area (Å²) >= 11 is 6.92. The predicted octanol–water partition coefficient (Wildman–Crippen LogP) is 4.14. The van der Waals surface area contributed by atoms with Crippen LogP contribution in [0.15, 0.2) is 0 Å². The molecule has 1 heterocycles. The molecule has 1 amide bonds. The third-order valence-electron chi connectivity index (χ3n) is 5.06. The van der Waals surface area contributed by atoms with Gasteiger partial charge in [0, 0.05) is 10.8 Å². The number of carbonyl (C=O) groups is 1. The molecule has 1 aromatic heterocycles. The number of rotatable bonds is 2. The maximum atomic E-state index is 12.3. The van der Waals surface area contributed by atoms with Gasteiger partial charge in [-0.15, -0.1) is 11.3 Å². The number of thiocarbonyl (C=S) groups is 1. The van der Waals surface area contributed by atoms with Crippen LogP contribution < -0.4 is 10.6 Å². The first-order valence-electron chi connectivity index (χ1n) is 8.75. The van der Waals surface area contributed by atoms with Crippen LogP contribution in [-0.2, 0) is 17.6 Å². The molecule has 0 spiro atoms. The Hall–Kier alpha value is -1.45. The van der Waals surface area contributed by atoms with E-state index >= 15 is 0 Å². The van der Waals surface area contributed by atoms with E-state index in [-0.39, 0.29) is 11.8 Å². The van der Waals surface area contributed by atoms with Gasteiger partial charge in [0.1, 0.15) is 11.1 Å². The summed E-state index contributed by atoms with van der Waals surface area (Å²) in [6, 6.07) is 2.32. The average Bonchev–Trinajstić information content (AvgIpc) is 2.91. The number of thiophene rings is 1. The Labute approximate surface area is 152 Å². The van der Waals surface area contributed by atoms with Crippen molar-refractivity contribution in [1.29, 1.82) is 5.26 Å². The number of carbonyl (C=O) groups excluding carboxylic acids is 1. The molecular weight excluding hydrogens is 338 g/mol. The monoisotopic (exact) mass is 361 g/mol. The molecule has 128 valence electrons. The smallest absolute Gasteiger partial charge is 0.229 e. The highest BCUT2D eigenvalue weighted by molar-refractivity contribution is 7.80. The first kappa shape index (κ1) is 17.4. The summed E-state index contributed by atoms with van der Waals surface area (Å²) in [6.07, 6.45) is 8.46. The topological polar surface area (TPSA) is 64.9 Å². The molecule has 1 fully saturated rings. The van der Waals surface area contributed by atoms with Gasteiger partial charge >= 0.3 is 0 Å². The van der Waals surface area contributed by atoms with E-state index in [4.69, 9.17) is 12.2 Å². The summed E-state index contributed by atoms with van der Waals surface area (Å²) in [7, 11) is 0. The second-order valence-corrected chi connectivity index (χ2v) is 8.46. The molecule has 2 N–H and O–H groups in total. The maximum Gasteiger partial charge on any atom is 0.229 e. The number of fused-ring (bicyclic) bond motifs is 1. The van der Waals surface area contributed by atoms with Crippen LogP contribution in [0, 0.1) is 23.2 Å². The lowest BCUT2D eigenvalue weighted by Gasteiger charge is -2.21. The minimum Gasteiger partial charge on any atom is -0.323 e. The van der Waals surface area contributed by atoms with Crippen LogP contribution in [0.5, 0.6) is 0 Å².